The number of nitrogens with two attached hydrogens (primary N) is 1. The van der Waals surface area contributed by atoms with Gasteiger partial charge in [-0.1, -0.05) is 12.1 Å². The van der Waals surface area contributed by atoms with Gasteiger partial charge in [0, 0.05) is 6.54 Å². The van der Waals surface area contributed by atoms with Gasteiger partial charge in [-0.2, -0.15) is 13.2 Å². The molecular weight excluding hydrogens is 257 g/mol. The molecule has 100 valence electrons. The molecule has 1 aromatic carbocycles. The summed E-state index contributed by atoms with van der Waals surface area (Å²) in [6.07, 6.45) is -4.34. The zero-order chi connectivity index (χ0) is 13.9. The Labute approximate surface area is 107 Å². The summed E-state index contributed by atoms with van der Waals surface area (Å²) in [5, 5.41) is 10.3. The van der Waals surface area contributed by atoms with E-state index in [1.807, 2.05) is 0 Å². The second-order valence-electron chi connectivity index (χ2n) is 3.90. The van der Waals surface area contributed by atoms with Gasteiger partial charge in [-0.05, 0) is 29.8 Å². The number of aromatic nitrogens is 2. The van der Waals surface area contributed by atoms with Gasteiger partial charge < -0.3 is 11.1 Å². The number of nitrogen functional groups attached to an aromatic ring is 1. The standard InChI is InChI=1S/C12H11F3N4/c13-12(14,15)9-3-1-2-8(6-9)7-17-11-5-4-10(16)18-19-11/h1-6H,7H2,(H2,16,18)(H,17,19). The van der Waals surface area contributed by atoms with Crippen LogP contribution in [0.5, 0.6) is 0 Å². The highest BCUT2D eigenvalue weighted by Gasteiger charge is 2.30. The molecule has 0 fully saturated rings. The molecule has 2 aromatic rings. The number of hydrogen-bond donors (Lipinski definition) is 2. The van der Waals surface area contributed by atoms with Gasteiger partial charge in [0.15, 0.2) is 0 Å². The SMILES string of the molecule is Nc1ccc(NCc2cccc(C(F)(F)F)c2)nn1. The van der Waals surface area contributed by atoms with Crippen molar-refractivity contribution in [2.75, 3.05) is 11.1 Å². The van der Waals surface area contributed by atoms with Crippen molar-refractivity contribution in [3.8, 4) is 0 Å². The van der Waals surface area contributed by atoms with Gasteiger partial charge in [-0.15, -0.1) is 10.2 Å². The normalized spacial score (nSPS) is 11.3. The second-order valence-corrected chi connectivity index (χ2v) is 3.90. The third-order valence-electron chi connectivity index (χ3n) is 2.41. The summed E-state index contributed by atoms with van der Waals surface area (Å²) in [7, 11) is 0. The van der Waals surface area contributed by atoms with Crippen molar-refractivity contribution in [2.24, 2.45) is 0 Å². The van der Waals surface area contributed by atoms with Crippen LogP contribution in [0.4, 0.5) is 24.8 Å². The van der Waals surface area contributed by atoms with Gasteiger partial charge in [0.2, 0.25) is 0 Å². The Bertz CT molecular complexity index is 552. The van der Waals surface area contributed by atoms with Gasteiger partial charge in [-0.25, -0.2) is 0 Å². The Kier molecular flexibility index (Phi) is 3.55. The number of halogens is 3. The molecule has 0 atom stereocenters. The Morgan fingerprint density at radius 3 is 2.53 bits per heavy atom. The van der Waals surface area contributed by atoms with E-state index in [0.29, 0.717) is 11.4 Å². The molecule has 7 heteroatoms. The first-order chi connectivity index (χ1) is 8.95. The zero-order valence-electron chi connectivity index (χ0n) is 9.78. The number of anilines is 2. The Balaban J connectivity index is 2.05. The number of alkyl halides is 3. The summed E-state index contributed by atoms with van der Waals surface area (Å²) in [6, 6.07) is 8.27. The molecule has 3 N–H and O–H groups in total. The molecule has 0 aliphatic carbocycles. The van der Waals surface area contributed by atoms with Gasteiger partial charge >= 0.3 is 6.18 Å². The van der Waals surface area contributed by atoms with Gasteiger partial charge in [0.05, 0.1) is 5.56 Å². The minimum Gasteiger partial charge on any atom is -0.382 e. The smallest absolute Gasteiger partial charge is 0.382 e. The van der Waals surface area contributed by atoms with Crippen molar-refractivity contribution in [1.82, 2.24) is 10.2 Å². The van der Waals surface area contributed by atoms with Gasteiger partial charge in [-0.3, -0.25) is 0 Å². The summed E-state index contributed by atoms with van der Waals surface area (Å²) in [4.78, 5) is 0. The molecule has 0 spiro atoms. The first-order valence-corrected chi connectivity index (χ1v) is 5.44. The van der Waals surface area contributed by atoms with E-state index < -0.39 is 11.7 Å². The maximum atomic E-state index is 12.5. The minimum atomic E-state index is -4.34. The highest BCUT2D eigenvalue weighted by molar-refractivity contribution is 5.39. The molecule has 2 rings (SSSR count). The van der Waals surface area contributed by atoms with Crippen LogP contribution in [0.15, 0.2) is 36.4 Å². The van der Waals surface area contributed by atoms with E-state index in [1.54, 1.807) is 18.2 Å². The maximum absolute atomic E-state index is 12.5. The average molecular weight is 268 g/mol. The van der Waals surface area contributed by atoms with Crippen molar-refractivity contribution in [2.45, 2.75) is 12.7 Å². The third-order valence-corrected chi connectivity index (χ3v) is 2.41. The second kappa shape index (κ2) is 5.13. The average Bonchev–Trinajstić information content (AvgIpc) is 2.37. The zero-order valence-corrected chi connectivity index (χ0v) is 9.78. The molecule has 0 amide bonds. The molecule has 1 heterocycles. The highest BCUT2D eigenvalue weighted by Crippen LogP contribution is 2.29. The van der Waals surface area contributed by atoms with Crippen LogP contribution in [0.3, 0.4) is 0 Å². The Morgan fingerprint density at radius 1 is 1.11 bits per heavy atom. The fourth-order valence-electron chi connectivity index (χ4n) is 1.49. The molecule has 0 aliphatic rings. The molecule has 0 saturated carbocycles. The molecule has 0 bridgehead atoms. The lowest BCUT2D eigenvalue weighted by Gasteiger charge is -2.09. The lowest BCUT2D eigenvalue weighted by molar-refractivity contribution is -0.137. The highest BCUT2D eigenvalue weighted by atomic mass is 19.4. The van der Waals surface area contributed by atoms with Gasteiger partial charge in [0.1, 0.15) is 11.6 Å². The monoisotopic (exact) mass is 268 g/mol. The predicted octanol–water partition coefficient (Wildman–Crippen LogP) is 2.69. The summed E-state index contributed by atoms with van der Waals surface area (Å²) < 4.78 is 37.6. The van der Waals surface area contributed by atoms with E-state index in [1.165, 1.54) is 6.07 Å². The maximum Gasteiger partial charge on any atom is 0.416 e. The van der Waals surface area contributed by atoms with Crippen LogP contribution in [-0.2, 0) is 12.7 Å². The number of rotatable bonds is 3. The molecular formula is C12H11F3N4. The van der Waals surface area contributed by atoms with Crippen molar-refractivity contribution in [3.05, 3.63) is 47.5 Å². The first-order valence-electron chi connectivity index (χ1n) is 5.44. The minimum absolute atomic E-state index is 0.225. The van der Waals surface area contributed by atoms with Crippen molar-refractivity contribution in [1.29, 1.82) is 0 Å². The van der Waals surface area contributed by atoms with Crippen LogP contribution >= 0.6 is 0 Å². The quantitative estimate of drug-likeness (QED) is 0.898. The van der Waals surface area contributed by atoms with E-state index in [-0.39, 0.29) is 12.4 Å². The van der Waals surface area contributed by atoms with E-state index >= 15 is 0 Å². The summed E-state index contributed by atoms with van der Waals surface area (Å²) in [5.41, 5.74) is 5.21. The fraction of sp³-hybridized carbons (Fsp3) is 0.167. The fourth-order valence-corrected chi connectivity index (χ4v) is 1.49. The molecule has 19 heavy (non-hydrogen) atoms. The molecule has 0 aliphatic heterocycles. The first kappa shape index (κ1) is 13.1. The predicted molar refractivity (Wildman–Crippen MR) is 65.2 cm³/mol. The van der Waals surface area contributed by atoms with Crippen LogP contribution in [0.25, 0.3) is 0 Å². The number of benzene rings is 1. The number of nitrogens with zero attached hydrogens (tertiary/aromatic N) is 2. The molecule has 1 aromatic heterocycles. The van der Waals surface area contributed by atoms with Gasteiger partial charge in [0.25, 0.3) is 0 Å². The van der Waals surface area contributed by atoms with Crippen LogP contribution < -0.4 is 11.1 Å². The van der Waals surface area contributed by atoms with Crippen molar-refractivity contribution >= 4 is 11.6 Å². The van der Waals surface area contributed by atoms with Crippen molar-refractivity contribution in [3.63, 3.8) is 0 Å². The van der Waals surface area contributed by atoms with Crippen LogP contribution in [0, 0.1) is 0 Å². The van der Waals surface area contributed by atoms with Crippen LogP contribution in [0.2, 0.25) is 0 Å². The lowest BCUT2D eigenvalue weighted by atomic mass is 10.1. The summed E-state index contributed by atoms with van der Waals surface area (Å²) in [5.74, 6) is 0.733. The summed E-state index contributed by atoms with van der Waals surface area (Å²) >= 11 is 0. The Hall–Kier alpha value is -2.31. The van der Waals surface area contributed by atoms with Crippen LogP contribution in [0.1, 0.15) is 11.1 Å². The van der Waals surface area contributed by atoms with E-state index in [4.69, 9.17) is 5.73 Å². The largest absolute Gasteiger partial charge is 0.416 e. The van der Waals surface area contributed by atoms with Crippen LogP contribution in [-0.4, -0.2) is 10.2 Å². The molecule has 0 unspecified atom stereocenters. The molecule has 4 nitrogen and oxygen atoms in total. The summed E-state index contributed by atoms with van der Waals surface area (Å²) in [6.45, 7) is 0.225. The lowest BCUT2D eigenvalue weighted by Crippen LogP contribution is -2.07. The van der Waals surface area contributed by atoms with E-state index in [2.05, 4.69) is 15.5 Å². The van der Waals surface area contributed by atoms with E-state index in [0.717, 1.165) is 12.1 Å². The molecule has 0 radical (unpaired) electrons. The molecule has 0 saturated heterocycles. The van der Waals surface area contributed by atoms with E-state index in [9.17, 15) is 13.2 Å². The topological polar surface area (TPSA) is 63.8 Å². The van der Waals surface area contributed by atoms with Crippen molar-refractivity contribution < 1.29 is 13.2 Å². The number of hydrogen-bond acceptors (Lipinski definition) is 4. The third kappa shape index (κ3) is 3.57. The number of nitrogens with one attached hydrogen (secondary N) is 1. The Morgan fingerprint density at radius 2 is 1.89 bits per heavy atom.